The van der Waals surface area contributed by atoms with Crippen LogP contribution in [-0.2, 0) is 20.1 Å². The normalized spacial score (nSPS) is 11.2. The number of aliphatic imine (C=N–C) groups is 1. The van der Waals surface area contributed by atoms with Crippen molar-refractivity contribution in [3.8, 4) is 11.5 Å². The van der Waals surface area contributed by atoms with Gasteiger partial charge >= 0.3 is 0 Å². The maximum absolute atomic E-state index is 5.34. The maximum Gasteiger partial charge on any atom is 0.191 e. The second kappa shape index (κ2) is 8.86. The van der Waals surface area contributed by atoms with Crippen LogP contribution in [0.5, 0.6) is 11.5 Å². The summed E-state index contributed by atoms with van der Waals surface area (Å²) in [6.07, 6.45) is 4.09. The summed E-state index contributed by atoms with van der Waals surface area (Å²) in [5.74, 6) is 2.24. The zero-order valence-electron chi connectivity index (χ0n) is 14.8. The molecule has 24 heavy (non-hydrogen) atoms. The molecular formula is C18H26N4O2. The van der Waals surface area contributed by atoms with Crippen molar-refractivity contribution in [1.82, 2.24) is 15.2 Å². The van der Waals surface area contributed by atoms with E-state index in [2.05, 4.69) is 34.8 Å². The van der Waals surface area contributed by atoms with Crippen LogP contribution >= 0.6 is 0 Å². The van der Waals surface area contributed by atoms with Crippen molar-refractivity contribution < 1.29 is 9.47 Å². The van der Waals surface area contributed by atoms with Crippen LogP contribution < -0.4 is 20.1 Å². The van der Waals surface area contributed by atoms with E-state index >= 15 is 0 Å². The summed E-state index contributed by atoms with van der Waals surface area (Å²) >= 11 is 0. The SMILES string of the molecule is CCNC(=NCc1ccn(C)c1)NCc1ccc(OC)c(OC)c1. The molecule has 0 bridgehead atoms. The van der Waals surface area contributed by atoms with E-state index < -0.39 is 0 Å². The molecule has 0 atom stereocenters. The third-order valence-corrected chi connectivity index (χ3v) is 3.57. The molecule has 0 saturated heterocycles. The summed E-state index contributed by atoms with van der Waals surface area (Å²) < 4.78 is 12.6. The highest BCUT2D eigenvalue weighted by molar-refractivity contribution is 5.79. The van der Waals surface area contributed by atoms with Gasteiger partial charge in [-0.05, 0) is 36.2 Å². The lowest BCUT2D eigenvalue weighted by molar-refractivity contribution is 0.354. The Morgan fingerprint density at radius 2 is 1.88 bits per heavy atom. The van der Waals surface area contributed by atoms with Crippen LogP contribution in [-0.4, -0.2) is 31.3 Å². The van der Waals surface area contributed by atoms with Gasteiger partial charge in [0, 0.05) is 32.5 Å². The fourth-order valence-corrected chi connectivity index (χ4v) is 2.34. The second-order valence-electron chi connectivity index (χ2n) is 5.42. The monoisotopic (exact) mass is 330 g/mol. The van der Waals surface area contributed by atoms with Gasteiger partial charge in [0.25, 0.3) is 0 Å². The predicted molar refractivity (Wildman–Crippen MR) is 96.6 cm³/mol. The molecule has 6 heteroatoms. The van der Waals surface area contributed by atoms with Crippen LogP contribution in [0.2, 0.25) is 0 Å². The first-order valence-electron chi connectivity index (χ1n) is 8.00. The lowest BCUT2D eigenvalue weighted by Gasteiger charge is -2.13. The molecule has 0 amide bonds. The first kappa shape index (κ1) is 17.7. The Morgan fingerprint density at radius 1 is 1.08 bits per heavy atom. The van der Waals surface area contributed by atoms with Gasteiger partial charge in [-0.1, -0.05) is 6.07 Å². The van der Waals surface area contributed by atoms with Crippen LogP contribution in [0.1, 0.15) is 18.1 Å². The molecule has 130 valence electrons. The fraction of sp³-hybridized carbons (Fsp3) is 0.389. The lowest BCUT2D eigenvalue weighted by atomic mass is 10.2. The van der Waals surface area contributed by atoms with Crippen LogP contribution in [0, 0.1) is 0 Å². The Hall–Kier alpha value is -2.63. The first-order valence-corrected chi connectivity index (χ1v) is 8.00. The van der Waals surface area contributed by atoms with Crippen LogP contribution in [0.25, 0.3) is 0 Å². The number of benzene rings is 1. The van der Waals surface area contributed by atoms with Crippen molar-refractivity contribution in [3.63, 3.8) is 0 Å². The number of nitrogens with one attached hydrogen (secondary N) is 2. The van der Waals surface area contributed by atoms with E-state index in [1.807, 2.05) is 36.0 Å². The summed E-state index contributed by atoms with van der Waals surface area (Å²) in [4.78, 5) is 4.61. The van der Waals surface area contributed by atoms with Gasteiger partial charge < -0.3 is 24.7 Å². The van der Waals surface area contributed by atoms with E-state index in [9.17, 15) is 0 Å². The predicted octanol–water partition coefficient (Wildman–Crippen LogP) is 2.30. The van der Waals surface area contributed by atoms with Crippen molar-refractivity contribution in [3.05, 3.63) is 47.8 Å². The van der Waals surface area contributed by atoms with Crippen molar-refractivity contribution in [1.29, 1.82) is 0 Å². The smallest absolute Gasteiger partial charge is 0.191 e. The van der Waals surface area contributed by atoms with Gasteiger partial charge in [0.05, 0.1) is 20.8 Å². The molecule has 0 saturated carbocycles. The number of rotatable bonds is 7. The molecule has 1 heterocycles. The standard InChI is InChI=1S/C18H26N4O2/c1-5-19-18(21-12-15-8-9-22(2)13-15)20-11-14-6-7-16(23-3)17(10-14)24-4/h6-10,13H,5,11-12H2,1-4H3,(H2,19,20,21). The zero-order chi connectivity index (χ0) is 17.4. The molecular weight excluding hydrogens is 304 g/mol. The van der Waals surface area contributed by atoms with Gasteiger partial charge in [-0.15, -0.1) is 0 Å². The van der Waals surface area contributed by atoms with Gasteiger partial charge in [0.15, 0.2) is 17.5 Å². The summed E-state index contributed by atoms with van der Waals surface area (Å²) in [6.45, 7) is 4.16. The minimum atomic E-state index is 0.641. The van der Waals surface area contributed by atoms with E-state index in [-0.39, 0.29) is 0 Å². The molecule has 0 spiro atoms. The van der Waals surface area contributed by atoms with Crippen molar-refractivity contribution in [2.75, 3.05) is 20.8 Å². The Kier molecular flexibility index (Phi) is 6.54. The molecule has 0 aliphatic rings. The minimum absolute atomic E-state index is 0.641. The van der Waals surface area contributed by atoms with Crippen molar-refractivity contribution in [2.45, 2.75) is 20.0 Å². The van der Waals surface area contributed by atoms with Gasteiger partial charge in [-0.25, -0.2) is 4.99 Å². The average Bonchev–Trinajstić information content (AvgIpc) is 3.02. The molecule has 1 aromatic carbocycles. The number of ether oxygens (including phenoxy) is 2. The second-order valence-corrected chi connectivity index (χ2v) is 5.42. The van der Waals surface area contributed by atoms with Gasteiger partial charge in [0.1, 0.15) is 0 Å². The largest absolute Gasteiger partial charge is 0.493 e. The van der Waals surface area contributed by atoms with Gasteiger partial charge in [0.2, 0.25) is 0 Å². The molecule has 2 aromatic rings. The number of guanidine groups is 1. The number of methoxy groups -OCH3 is 2. The highest BCUT2D eigenvalue weighted by Crippen LogP contribution is 2.27. The highest BCUT2D eigenvalue weighted by Gasteiger charge is 2.05. The minimum Gasteiger partial charge on any atom is -0.493 e. The molecule has 0 radical (unpaired) electrons. The number of nitrogens with zero attached hydrogens (tertiary/aromatic N) is 2. The number of hydrogen-bond donors (Lipinski definition) is 2. The van der Waals surface area contributed by atoms with Gasteiger partial charge in [-0.2, -0.15) is 0 Å². The number of aromatic nitrogens is 1. The topological polar surface area (TPSA) is 59.8 Å². The summed E-state index contributed by atoms with van der Waals surface area (Å²) in [7, 11) is 5.28. The number of aryl methyl sites for hydroxylation is 1. The van der Waals surface area contributed by atoms with Crippen molar-refractivity contribution >= 4 is 5.96 Å². The first-order chi connectivity index (χ1) is 11.7. The van der Waals surface area contributed by atoms with E-state index in [0.29, 0.717) is 13.1 Å². The summed E-state index contributed by atoms with van der Waals surface area (Å²) in [6, 6.07) is 7.95. The van der Waals surface area contributed by atoms with Crippen LogP contribution in [0.4, 0.5) is 0 Å². The molecule has 2 rings (SSSR count). The number of hydrogen-bond acceptors (Lipinski definition) is 3. The van der Waals surface area contributed by atoms with Gasteiger partial charge in [-0.3, -0.25) is 0 Å². The quantitative estimate of drug-likeness (QED) is 0.604. The maximum atomic E-state index is 5.34. The van der Waals surface area contributed by atoms with Crippen LogP contribution in [0.15, 0.2) is 41.7 Å². The van der Waals surface area contributed by atoms with Crippen LogP contribution in [0.3, 0.4) is 0 Å². The molecule has 0 aliphatic carbocycles. The molecule has 2 N–H and O–H groups in total. The average molecular weight is 330 g/mol. The fourth-order valence-electron chi connectivity index (χ4n) is 2.34. The summed E-state index contributed by atoms with van der Waals surface area (Å²) in [5.41, 5.74) is 2.28. The van der Waals surface area contributed by atoms with E-state index in [1.165, 1.54) is 5.56 Å². The molecule has 0 aliphatic heterocycles. The third kappa shape index (κ3) is 4.94. The Bertz CT molecular complexity index is 679. The Morgan fingerprint density at radius 3 is 2.50 bits per heavy atom. The Labute approximate surface area is 143 Å². The van der Waals surface area contributed by atoms with E-state index in [4.69, 9.17) is 9.47 Å². The third-order valence-electron chi connectivity index (χ3n) is 3.57. The molecule has 0 fully saturated rings. The highest BCUT2D eigenvalue weighted by atomic mass is 16.5. The van der Waals surface area contributed by atoms with Crippen molar-refractivity contribution in [2.24, 2.45) is 12.0 Å². The molecule has 6 nitrogen and oxygen atoms in total. The lowest BCUT2D eigenvalue weighted by Crippen LogP contribution is -2.36. The molecule has 1 aromatic heterocycles. The van der Waals surface area contributed by atoms with E-state index in [0.717, 1.165) is 29.6 Å². The summed E-state index contributed by atoms with van der Waals surface area (Å²) in [5, 5.41) is 6.60. The Balaban J connectivity index is 2.00. The van der Waals surface area contributed by atoms with E-state index in [1.54, 1.807) is 14.2 Å². The molecule has 0 unspecified atom stereocenters. The zero-order valence-corrected chi connectivity index (χ0v) is 14.8.